The van der Waals surface area contributed by atoms with Gasteiger partial charge >= 0.3 is 0 Å². The first-order valence-electron chi connectivity index (χ1n) is 10.8. The number of aromatic nitrogens is 3. The summed E-state index contributed by atoms with van der Waals surface area (Å²) in [5.74, 6) is 0.355. The van der Waals surface area contributed by atoms with E-state index in [1.165, 1.54) is 11.1 Å². The van der Waals surface area contributed by atoms with E-state index in [9.17, 15) is 4.79 Å². The lowest BCUT2D eigenvalue weighted by atomic mass is 9.79. The quantitative estimate of drug-likeness (QED) is 0.384. The number of pyridine rings is 2. The number of nitrogens with one attached hydrogen (secondary N) is 4. The van der Waals surface area contributed by atoms with Gasteiger partial charge in [0.25, 0.3) is 5.91 Å². The molecule has 1 amide bonds. The van der Waals surface area contributed by atoms with Gasteiger partial charge in [0, 0.05) is 54.7 Å². The Morgan fingerprint density at radius 1 is 1.12 bits per heavy atom. The monoisotopic (exact) mass is 426 g/mol. The summed E-state index contributed by atoms with van der Waals surface area (Å²) in [6.07, 6.45) is 5.37. The molecular weight excluding hydrogens is 400 g/mol. The average Bonchev–Trinajstić information content (AvgIpc) is 3.20. The Bertz CT molecular complexity index is 1290. The first-order valence-corrected chi connectivity index (χ1v) is 10.8. The summed E-state index contributed by atoms with van der Waals surface area (Å²) in [4.78, 5) is 25.0. The first-order chi connectivity index (χ1) is 15.5. The van der Waals surface area contributed by atoms with E-state index in [0.717, 1.165) is 35.4 Å². The maximum Gasteiger partial charge on any atom is 0.259 e. The van der Waals surface area contributed by atoms with Crippen LogP contribution in [0.1, 0.15) is 40.9 Å². The van der Waals surface area contributed by atoms with Crippen molar-refractivity contribution >= 4 is 28.4 Å². The summed E-state index contributed by atoms with van der Waals surface area (Å²) < 4.78 is 0. The second-order valence-corrected chi connectivity index (χ2v) is 8.78. The van der Waals surface area contributed by atoms with Crippen molar-refractivity contribution in [1.82, 2.24) is 20.3 Å². The lowest BCUT2D eigenvalue weighted by Crippen LogP contribution is -2.38. The zero-order valence-corrected chi connectivity index (χ0v) is 18.2. The van der Waals surface area contributed by atoms with E-state index < -0.39 is 0 Å². The van der Waals surface area contributed by atoms with Gasteiger partial charge in [-0.2, -0.15) is 0 Å². The number of carbonyl (C=O) groups excluding carboxylic acids is 1. The molecule has 1 aromatic carbocycles. The van der Waals surface area contributed by atoms with Crippen LogP contribution in [-0.2, 0) is 18.5 Å². The summed E-state index contributed by atoms with van der Waals surface area (Å²) >= 11 is 0. The largest absolute Gasteiger partial charge is 0.365 e. The lowest BCUT2D eigenvalue weighted by Gasteiger charge is -2.33. The minimum Gasteiger partial charge on any atom is -0.365 e. The van der Waals surface area contributed by atoms with Gasteiger partial charge in [-0.25, -0.2) is 9.97 Å². The summed E-state index contributed by atoms with van der Waals surface area (Å²) in [5, 5.41) is 10.8. The SMILES string of the molecule is CC1(C)CNCc2cc(NC(=O)c3cccnc3NCc3c[nH]c4ncccc34)ccc21. The standard InChI is InChI=1S/C25H26N6O/c1-25(2)15-26-12-16-11-18(7-8-21(16)25)31-24(32)20-6-4-10-28-23(20)30-14-17-13-29-22-19(17)5-3-9-27-22/h3-11,13,26H,12,14-15H2,1-2H3,(H,27,29)(H,28,30)(H,31,32). The molecule has 1 aliphatic heterocycles. The molecule has 162 valence electrons. The van der Waals surface area contributed by atoms with Crippen LogP contribution in [0.3, 0.4) is 0 Å². The fourth-order valence-corrected chi connectivity index (χ4v) is 4.35. The van der Waals surface area contributed by atoms with Crippen molar-refractivity contribution in [3.8, 4) is 0 Å². The topological polar surface area (TPSA) is 94.7 Å². The molecule has 3 aromatic heterocycles. The van der Waals surface area contributed by atoms with Crippen LogP contribution in [0, 0.1) is 0 Å². The predicted octanol–water partition coefficient (Wildman–Crippen LogP) is 4.20. The third kappa shape index (κ3) is 3.83. The number of H-pyrrole nitrogens is 1. The molecule has 0 spiro atoms. The van der Waals surface area contributed by atoms with E-state index in [4.69, 9.17) is 0 Å². The van der Waals surface area contributed by atoms with Gasteiger partial charge in [-0.05, 0) is 53.1 Å². The van der Waals surface area contributed by atoms with E-state index in [1.807, 2.05) is 24.4 Å². The molecule has 4 heterocycles. The summed E-state index contributed by atoms with van der Waals surface area (Å²) in [6, 6.07) is 13.6. The van der Waals surface area contributed by atoms with Crippen molar-refractivity contribution in [2.45, 2.75) is 32.4 Å². The van der Waals surface area contributed by atoms with Crippen molar-refractivity contribution < 1.29 is 4.79 Å². The summed E-state index contributed by atoms with van der Waals surface area (Å²) in [5.41, 5.74) is 5.81. The molecule has 0 bridgehead atoms. The second-order valence-electron chi connectivity index (χ2n) is 8.78. The molecule has 1 aliphatic rings. The van der Waals surface area contributed by atoms with Crippen LogP contribution >= 0.6 is 0 Å². The van der Waals surface area contributed by atoms with Gasteiger partial charge in [0.1, 0.15) is 11.5 Å². The molecule has 7 heteroatoms. The lowest BCUT2D eigenvalue weighted by molar-refractivity contribution is 0.102. The van der Waals surface area contributed by atoms with E-state index >= 15 is 0 Å². The first kappa shape index (κ1) is 20.2. The minimum atomic E-state index is -0.191. The van der Waals surface area contributed by atoms with Crippen LogP contribution in [0.15, 0.2) is 61.1 Å². The molecule has 32 heavy (non-hydrogen) atoms. The molecule has 0 saturated carbocycles. The number of amides is 1. The van der Waals surface area contributed by atoms with Crippen LogP contribution in [0.2, 0.25) is 0 Å². The third-order valence-corrected chi connectivity index (χ3v) is 6.01. The highest BCUT2D eigenvalue weighted by Crippen LogP contribution is 2.31. The zero-order chi connectivity index (χ0) is 22.1. The summed E-state index contributed by atoms with van der Waals surface area (Å²) in [6.45, 7) is 6.74. The van der Waals surface area contributed by atoms with Gasteiger partial charge in [0.05, 0.1) is 5.56 Å². The number of anilines is 2. The third-order valence-electron chi connectivity index (χ3n) is 6.01. The number of hydrogen-bond acceptors (Lipinski definition) is 5. The number of fused-ring (bicyclic) bond motifs is 2. The van der Waals surface area contributed by atoms with Crippen molar-refractivity contribution in [2.75, 3.05) is 17.2 Å². The molecular formula is C25H26N6O. The number of aromatic amines is 1. The Labute approximate surface area is 186 Å². The Hall–Kier alpha value is -3.71. The molecule has 0 fully saturated rings. The number of benzene rings is 1. The second kappa shape index (κ2) is 8.09. The van der Waals surface area contributed by atoms with Crippen molar-refractivity contribution in [3.05, 3.63) is 83.3 Å². The highest BCUT2D eigenvalue weighted by Gasteiger charge is 2.27. The van der Waals surface area contributed by atoms with E-state index in [1.54, 1.807) is 24.5 Å². The molecule has 0 radical (unpaired) electrons. The van der Waals surface area contributed by atoms with Crippen LogP contribution < -0.4 is 16.0 Å². The Kier molecular flexibility index (Phi) is 5.11. The maximum absolute atomic E-state index is 13.1. The normalized spacial score (nSPS) is 14.7. The predicted molar refractivity (Wildman–Crippen MR) is 127 cm³/mol. The average molecular weight is 427 g/mol. The molecule has 0 unspecified atom stereocenters. The Morgan fingerprint density at radius 3 is 2.88 bits per heavy atom. The number of rotatable bonds is 5. The fourth-order valence-electron chi connectivity index (χ4n) is 4.35. The Morgan fingerprint density at radius 2 is 1.97 bits per heavy atom. The van der Waals surface area contributed by atoms with Gasteiger partial charge in [-0.1, -0.05) is 19.9 Å². The number of hydrogen-bond donors (Lipinski definition) is 4. The van der Waals surface area contributed by atoms with Crippen molar-refractivity contribution in [1.29, 1.82) is 0 Å². The van der Waals surface area contributed by atoms with Crippen molar-refractivity contribution in [3.63, 3.8) is 0 Å². The fraction of sp³-hybridized carbons (Fsp3) is 0.240. The van der Waals surface area contributed by atoms with Crippen LogP contribution in [0.25, 0.3) is 11.0 Å². The molecule has 0 saturated heterocycles. The van der Waals surface area contributed by atoms with Gasteiger partial charge < -0.3 is 20.9 Å². The number of nitrogens with zero attached hydrogens (tertiary/aromatic N) is 2. The van der Waals surface area contributed by atoms with E-state index in [-0.39, 0.29) is 11.3 Å². The number of carbonyl (C=O) groups is 1. The molecule has 0 aliphatic carbocycles. The van der Waals surface area contributed by atoms with Crippen LogP contribution in [0.4, 0.5) is 11.5 Å². The molecule has 5 rings (SSSR count). The summed E-state index contributed by atoms with van der Waals surface area (Å²) in [7, 11) is 0. The van der Waals surface area contributed by atoms with E-state index in [0.29, 0.717) is 17.9 Å². The van der Waals surface area contributed by atoms with Crippen LogP contribution in [-0.4, -0.2) is 27.4 Å². The van der Waals surface area contributed by atoms with Gasteiger partial charge in [-0.3, -0.25) is 4.79 Å². The van der Waals surface area contributed by atoms with Gasteiger partial charge in [-0.15, -0.1) is 0 Å². The highest BCUT2D eigenvalue weighted by atomic mass is 16.1. The highest BCUT2D eigenvalue weighted by molar-refractivity contribution is 6.07. The van der Waals surface area contributed by atoms with Gasteiger partial charge in [0.2, 0.25) is 0 Å². The molecule has 4 aromatic rings. The van der Waals surface area contributed by atoms with E-state index in [2.05, 4.69) is 56.9 Å². The minimum absolute atomic E-state index is 0.0779. The zero-order valence-electron chi connectivity index (χ0n) is 18.2. The van der Waals surface area contributed by atoms with Crippen LogP contribution in [0.5, 0.6) is 0 Å². The van der Waals surface area contributed by atoms with Gasteiger partial charge in [0.15, 0.2) is 0 Å². The smallest absolute Gasteiger partial charge is 0.259 e. The molecule has 7 nitrogen and oxygen atoms in total. The Balaban J connectivity index is 1.34. The van der Waals surface area contributed by atoms with Crippen molar-refractivity contribution in [2.24, 2.45) is 0 Å². The molecule has 4 N–H and O–H groups in total. The molecule has 0 atom stereocenters. The maximum atomic E-state index is 13.1.